The predicted molar refractivity (Wildman–Crippen MR) is 67.4 cm³/mol. The number of halogens is 1. The maximum Gasteiger partial charge on any atom is 0.338 e. The van der Waals surface area contributed by atoms with Crippen LogP contribution in [0.4, 0.5) is 0 Å². The third kappa shape index (κ3) is 2.39. The first-order valence-electron chi connectivity index (χ1n) is 5.36. The SMILES string of the molecule is CCOC(=O)c1ccc2nc(Cl)c(C)cc2c1. The Kier molecular flexibility index (Phi) is 3.29. The van der Waals surface area contributed by atoms with Gasteiger partial charge in [0.15, 0.2) is 0 Å². The van der Waals surface area contributed by atoms with Crippen molar-refractivity contribution in [3.8, 4) is 0 Å². The average molecular weight is 250 g/mol. The minimum Gasteiger partial charge on any atom is -0.462 e. The first-order chi connectivity index (χ1) is 8.11. The lowest BCUT2D eigenvalue weighted by molar-refractivity contribution is 0.0526. The number of rotatable bonds is 2. The molecule has 2 aromatic rings. The Morgan fingerprint density at radius 3 is 2.88 bits per heavy atom. The number of nitrogens with zero attached hydrogens (tertiary/aromatic N) is 1. The number of benzene rings is 1. The summed E-state index contributed by atoms with van der Waals surface area (Å²) in [5, 5.41) is 1.37. The third-order valence-corrected chi connectivity index (χ3v) is 2.84. The van der Waals surface area contributed by atoms with Crippen LogP contribution in [0.15, 0.2) is 24.3 Å². The van der Waals surface area contributed by atoms with Gasteiger partial charge in [-0.15, -0.1) is 0 Å². The van der Waals surface area contributed by atoms with Crippen LogP contribution >= 0.6 is 11.6 Å². The number of aryl methyl sites for hydroxylation is 1. The molecule has 0 N–H and O–H groups in total. The lowest BCUT2D eigenvalue weighted by Crippen LogP contribution is -2.04. The van der Waals surface area contributed by atoms with Crippen LogP contribution in [0.1, 0.15) is 22.8 Å². The van der Waals surface area contributed by atoms with E-state index in [1.54, 1.807) is 25.1 Å². The molecule has 0 spiro atoms. The van der Waals surface area contributed by atoms with Gasteiger partial charge < -0.3 is 4.74 Å². The molecule has 17 heavy (non-hydrogen) atoms. The summed E-state index contributed by atoms with van der Waals surface area (Å²) in [6, 6.07) is 7.14. The Hall–Kier alpha value is -1.61. The molecule has 1 aromatic heterocycles. The van der Waals surface area contributed by atoms with E-state index < -0.39 is 0 Å². The monoisotopic (exact) mass is 249 g/mol. The van der Waals surface area contributed by atoms with E-state index >= 15 is 0 Å². The van der Waals surface area contributed by atoms with Gasteiger partial charge in [-0.25, -0.2) is 9.78 Å². The summed E-state index contributed by atoms with van der Waals surface area (Å²) >= 11 is 5.94. The van der Waals surface area contributed by atoms with Gasteiger partial charge in [-0.2, -0.15) is 0 Å². The Labute approximate surface area is 104 Å². The van der Waals surface area contributed by atoms with E-state index in [1.165, 1.54) is 0 Å². The van der Waals surface area contributed by atoms with E-state index in [0.29, 0.717) is 17.3 Å². The Morgan fingerprint density at radius 1 is 1.41 bits per heavy atom. The summed E-state index contributed by atoms with van der Waals surface area (Å²) in [6.45, 7) is 4.03. The molecule has 88 valence electrons. The van der Waals surface area contributed by atoms with Crippen molar-refractivity contribution < 1.29 is 9.53 Å². The van der Waals surface area contributed by atoms with Crippen molar-refractivity contribution in [3.05, 3.63) is 40.5 Å². The molecule has 0 saturated carbocycles. The first-order valence-corrected chi connectivity index (χ1v) is 5.73. The molecule has 1 aromatic carbocycles. The van der Waals surface area contributed by atoms with Crippen LogP contribution in [-0.2, 0) is 4.74 Å². The highest BCUT2D eigenvalue weighted by Crippen LogP contribution is 2.21. The molecule has 2 rings (SSSR count). The second-order valence-corrected chi connectivity index (χ2v) is 4.08. The molecule has 0 aliphatic rings. The van der Waals surface area contributed by atoms with Crippen LogP contribution in [0.25, 0.3) is 10.9 Å². The van der Waals surface area contributed by atoms with E-state index in [2.05, 4.69) is 4.98 Å². The van der Waals surface area contributed by atoms with Crippen molar-refractivity contribution in [2.45, 2.75) is 13.8 Å². The maximum absolute atomic E-state index is 11.6. The van der Waals surface area contributed by atoms with Crippen LogP contribution in [0, 0.1) is 6.92 Å². The van der Waals surface area contributed by atoms with Gasteiger partial charge in [0, 0.05) is 5.39 Å². The summed E-state index contributed by atoms with van der Waals surface area (Å²) in [4.78, 5) is 15.8. The lowest BCUT2D eigenvalue weighted by atomic mass is 10.1. The van der Waals surface area contributed by atoms with Gasteiger partial charge in [0.1, 0.15) is 5.15 Å². The normalized spacial score (nSPS) is 10.5. The first kappa shape index (κ1) is 11.9. The molecular formula is C13H12ClNO2. The smallest absolute Gasteiger partial charge is 0.338 e. The fourth-order valence-corrected chi connectivity index (χ4v) is 1.75. The Bertz CT molecular complexity index is 581. The molecule has 0 aliphatic heterocycles. The molecule has 3 nitrogen and oxygen atoms in total. The van der Waals surface area contributed by atoms with E-state index in [4.69, 9.17) is 16.3 Å². The summed E-state index contributed by atoms with van der Waals surface area (Å²) in [5.41, 5.74) is 2.19. The van der Waals surface area contributed by atoms with Gasteiger partial charge in [-0.3, -0.25) is 0 Å². The summed E-state index contributed by atoms with van der Waals surface area (Å²) in [6.07, 6.45) is 0. The highest BCUT2D eigenvalue weighted by molar-refractivity contribution is 6.30. The number of fused-ring (bicyclic) bond motifs is 1. The highest BCUT2D eigenvalue weighted by Gasteiger charge is 2.08. The second-order valence-electron chi connectivity index (χ2n) is 3.72. The molecule has 4 heteroatoms. The number of pyridine rings is 1. The average Bonchev–Trinajstić information content (AvgIpc) is 2.30. The molecule has 0 radical (unpaired) electrons. The molecule has 0 bridgehead atoms. The molecule has 0 atom stereocenters. The fourth-order valence-electron chi connectivity index (χ4n) is 1.60. The van der Waals surface area contributed by atoms with Crippen molar-refractivity contribution in [2.75, 3.05) is 6.61 Å². The Balaban J connectivity index is 2.50. The van der Waals surface area contributed by atoms with E-state index in [1.807, 2.05) is 13.0 Å². The molecular weight excluding hydrogens is 238 g/mol. The van der Waals surface area contributed by atoms with E-state index in [-0.39, 0.29) is 5.97 Å². The number of carbonyl (C=O) groups excluding carboxylic acids is 1. The number of carbonyl (C=O) groups is 1. The van der Waals surface area contributed by atoms with Crippen LogP contribution in [0.5, 0.6) is 0 Å². The highest BCUT2D eigenvalue weighted by atomic mass is 35.5. The molecule has 0 fully saturated rings. The van der Waals surface area contributed by atoms with Gasteiger partial charge in [-0.05, 0) is 43.7 Å². The van der Waals surface area contributed by atoms with Gasteiger partial charge in [-0.1, -0.05) is 11.6 Å². The van der Waals surface area contributed by atoms with Crippen LogP contribution in [0.2, 0.25) is 5.15 Å². The number of hydrogen-bond acceptors (Lipinski definition) is 3. The Morgan fingerprint density at radius 2 is 2.18 bits per heavy atom. The second kappa shape index (κ2) is 4.72. The minimum atomic E-state index is -0.318. The molecule has 0 unspecified atom stereocenters. The van der Waals surface area contributed by atoms with Crippen LogP contribution < -0.4 is 0 Å². The van der Waals surface area contributed by atoms with Gasteiger partial charge in [0.05, 0.1) is 17.7 Å². The number of aromatic nitrogens is 1. The quantitative estimate of drug-likeness (QED) is 0.605. The molecule has 0 aliphatic carbocycles. The number of hydrogen-bond donors (Lipinski definition) is 0. The topological polar surface area (TPSA) is 39.2 Å². The van der Waals surface area contributed by atoms with Gasteiger partial charge in [0.25, 0.3) is 0 Å². The summed E-state index contributed by atoms with van der Waals surface area (Å²) in [5.74, 6) is -0.318. The standard InChI is InChI=1S/C13H12ClNO2/c1-3-17-13(16)9-4-5-11-10(7-9)6-8(2)12(14)15-11/h4-7H,3H2,1-2H3. The van der Waals surface area contributed by atoms with Crippen molar-refractivity contribution >= 4 is 28.5 Å². The summed E-state index contributed by atoms with van der Waals surface area (Å²) < 4.78 is 4.95. The fraction of sp³-hybridized carbons (Fsp3) is 0.231. The summed E-state index contributed by atoms with van der Waals surface area (Å²) in [7, 11) is 0. The third-order valence-electron chi connectivity index (χ3n) is 2.45. The zero-order valence-electron chi connectivity index (χ0n) is 9.66. The van der Waals surface area contributed by atoms with Gasteiger partial charge in [0.2, 0.25) is 0 Å². The van der Waals surface area contributed by atoms with Crippen molar-refractivity contribution in [1.29, 1.82) is 0 Å². The number of esters is 1. The van der Waals surface area contributed by atoms with Crippen LogP contribution in [0.3, 0.4) is 0 Å². The maximum atomic E-state index is 11.6. The van der Waals surface area contributed by atoms with Crippen molar-refractivity contribution in [3.63, 3.8) is 0 Å². The van der Waals surface area contributed by atoms with Crippen LogP contribution in [-0.4, -0.2) is 17.6 Å². The molecule has 1 heterocycles. The van der Waals surface area contributed by atoms with Crippen molar-refractivity contribution in [1.82, 2.24) is 4.98 Å². The molecule has 0 amide bonds. The molecule has 0 saturated heterocycles. The zero-order valence-corrected chi connectivity index (χ0v) is 10.4. The number of ether oxygens (including phenoxy) is 1. The largest absolute Gasteiger partial charge is 0.462 e. The lowest BCUT2D eigenvalue weighted by Gasteiger charge is -2.05. The van der Waals surface area contributed by atoms with Crippen molar-refractivity contribution in [2.24, 2.45) is 0 Å². The zero-order chi connectivity index (χ0) is 12.4. The predicted octanol–water partition coefficient (Wildman–Crippen LogP) is 3.37. The van der Waals surface area contributed by atoms with E-state index in [9.17, 15) is 4.79 Å². The van der Waals surface area contributed by atoms with E-state index in [0.717, 1.165) is 16.5 Å². The minimum absolute atomic E-state index is 0.318. The van der Waals surface area contributed by atoms with Gasteiger partial charge >= 0.3 is 5.97 Å².